The smallest absolute Gasteiger partial charge is 0.225 e. The highest BCUT2D eigenvalue weighted by molar-refractivity contribution is 5.81. The summed E-state index contributed by atoms with van der Waals surface area (Å²) >= 11 is 0. The van der Waals surface area contributed by atoms with Crippen LogP contribution in [0.25, 0.3) is 5.65 Å². The molecule has 1 amide bonds. The number of nitrogens with one attached hydrogen (secondary N) is 1. The van der Waals surface area contributed by atoms with Crippen LogP contribution in [0, 0.1) is 12.8 Å². The third-order valence-corrected chi connectivity index (χ3v) is 5.49. The fourth-order valence-electron chi connectivity index (χ4n) is 3.95. The molecule has 0 radical (unpaired) electrons. The van der Waals surface area contributed by atoms with Gasteiger partial charge in [0.05, 0.1) is 5.69 Å². The fourth-order valence-corrected chi connectivity index (χ4v) is 3.95. The van der Waals surface area contributed by atoms with Gasteiger partial charge in [-0.2, -0.15) is 0 Å². The van der Waals surface area contributed by atoms with Crippen molar-refractivity contribution in [1.82, 2.24) is 14.3 Å². The molecular formula is C21H30N4O. The molecule has 3 heterocycles. The first-order chi connectivity index (χ1) is 12.3. The van der Waals surface area contributed by atoms with Gasteiger partial charge in [0, 0.05) is 36.7 Å². The van der Waals surface area contributed by atoms with Crippen LogP contribution in [-0.4, -0.2) is 38.8 Å². The third-order valence-electron chi connectivity index (χ3n) is 5.49. The zero-order valence-corrected chi connectivity index (χ0v) is 16.4. The largest absolute Gasteiger partial charge is 0.365 e. The van der Waals surface area contributed by atoms with Gasteiger partial charge in [-0.1, -0.05) is 6.07 Å². The van der Waals surface area contributed by atoms with Gasteiger partial charge in [0.25, 0.3) is 0 Å². The Morgan fingerprint density at radius 1 is 1.19 bits per heavy atom. The van der Waals surface area contributed by atoms with Gasteiger partial charge in [-0.3, -0.25) is 9.20 Å². The monoisotopic (exact) mass is 354 g/mol. The first kappa shape index (κ1) is 17.4. The lowest BCUT2D eigenvalue weighted by Gasteiger charge is -2.32. The van der Waals surface area contributed by atoms with Crippen molar-refractivity contribution in [3.63, 3.8) is 0 Å². The number of aromatic nitrogens is 2. The number of hydrogen-bond donors (Lipinski definition) is 1. The van der Waals surface area contributed by atoms with E-state index in [2.05, 4.69) is 60.6 Å². The minimum Gasteiger partial charge on any atom is -0.365 e. The number of carbonyl (C=O) groups excluding carboxylic acids is 1. The molecule has 0 spiro atoms. The molecule has 0 atom stereocenters. The molecule has 1 saturated heterocycles. The molecule has 2 aromatic rings. The molecule has 2 aromatic heterocycles. The van der Waals surface area contributed by atoms with Gasteiger partial charge < -0.3 is 10.2 Å². The second-order valence-electron chi connectivity index (χ2n) is 8.98. The second kappa shape index (κ2) is 6.29. The number of amides is 1. The van der Waals surface area contributed by atoms with Crippen LogP contribution in [0.1, 0.15) is 63.6 Å². The first-order valence-corrected chi connectivity index (χ1v) is 9.88. The summed E-state index contributed by atoms with van der Waals surface area (Å²) in [6, 6.07) is 4.20. The van der Waals surface area contributed by atoms with E-state index >= 15 is 0 Å². The molecule has 0 unspecified atom stereocenters. The van der Waals surface area contributed by atoms with Crippen molar-refractivity contribution in [1.29, 1.82) is 0 Å². The predicted molar refractivity (Wildman–Crippen MR) is 105 cm³/mol. The number of pyridine rings is 1. The van der Waals surface area contributed by atoms with E-state index in [9.17, 15) is 4.79 Å². The summed E-state index contributed by atoms with van der Waals surface area (Å²) < 4.78 is 2.19. The van der Waals surface area contributed by atoms with E-state index in [1.165, 1.54) is 5.56 Å². The second-order valence-corrected chi connectivity index (χ2v) is 8.98. The molecule has 5 heteroatoms. The van der Waals surface area contributed by atoms with Gasteiger partial charge in [-0.25, -0.2) is 4.98 Å². The van der Waals surface area contributed by atoms with E-state index < -0.39 is 0 Å². The van der Waals surface area contributed by atoms with Crippen LogP contribution in [0.15, 0.2) is 18.3 Å². The van der Waals surface area contributed by atoms with Crippen LogP contribution in [0.4, 0.5) is 5.82 Å². The normalized spacial score (nSPS) is 19.2. The molecule has 2 aliphatic rings. The Hall–Kier alpha value is -2.04. The van der Waals surface area contributed by atoms with Gasteiger partial charge >= 0.3 is 0 Å². The SMILES string of the molecule is Cc1cccn2c(NC(C)(C)C)c(C3CCN(C(=O)C4CC4)CC3)nc12. The number of likely N-dealkylation sites (tertiary alicyclic amines) is 1. The highest BCUT2D eigenvalue weighted by Crippen LogP contribution is 2.37. The van der Waals surface area contributed by atoms with Crippen molar-refractivity contribution in [2.45, 2.75) is 64.8 Å². The highest BCUT2D eigenvalue weighted by atomic mass is 16.2. The Bertz CT molecular complexity index is 820. The molecule has 1 aliphatic heterocycles. The number of hydrogen-bond acceptors (Lipinski definition) is 3. The lowest BCUT2D eigenvalue weighted by Crippen LogP contribution is -2.39. The van der Waals surface area contributed by atoms with Gasteiger partial charge in [-0.15, -0.1) is 0 Å². The zero-order chi connectivity index (χ0) is 18.5. The molecule has 5 nitrogen and oxygen atoms in total. The maximum atomic E-state index is 12.3. The van der Waals surface area contributed by atoms with E-state index in [1.807, 2.05) is 0 Å². The maximum Gasteiger partial charge on any atom is 0.225 e. The molecule has 2 fully saturated rings. The Morgan fingerprint density at radius 3 is 2.50 bits per heavy atom. The minimum absolute atomic E-state index is 0.0307. The summed E-state index contributed by atoms with van der Waals surface area (Å²) in [6.07, 6.45) is 6.27. The molecule has 140 valence electrons. The molecule has 4 rings (SSSR count). The maximum absolute atomic E-state index is 12.3. The van der Waals surface area contributed by atoms with Crippen LogP contribution in [0.5, 0.6) is 0 Å². The summed E-state index contributed by atoms with van der Waals surface area (Å²) in [5.41, 5.74) is 3.35. The Balaban J connectivity index is 1.62. The van der Waals surface area contributed by atoms with Crippen molar-refractivity contribution < 1.29 is 4.79 Å². The molecular weight excluding hydrogens is 324 g/mol. The van der Waals surface area contributed by atoms with Crippen LogP contribution >= 0.6 is 0 Å². The average Bonchev–Trinajstić information content (AvgIpc) is 3.37. The molecule has 0 aromatic carbocycles. The quantitative estimate of drug-likeness (QED) is 0.907. The number of piperidine rings is 1. The topological polar surface area (TPSA) is 49.6 Å². The van der Waals surface area contributed by atoms with E-state index in [1.54, 1.807) is 0 Å². The van der Waals surface area contributed by atoms with Crippen molar-refractivity contribution in [3.05, 3.63) is 29.6 Å². The van der Waals surface area contributed by atoms with Gasteiger partial charge in [0.2, 0.25) is 5.91 Å². The molecule has 26 heavy (non-hydrogen) atoms. The number of fused-ring (bicyclic) bond motifs is 1. The van der Waals surface area contributed by atoms with E-state index in [4.69, 9.17) is 4.98 Å². The highest BCUT2D eigenvalue weighted by Gasteiger charge is 2.36. The summed E-state index contributed by atoms with van der Waals surface area (Å²) in [5, 5.41) is 3.68. The van der Waals surface area contributed by atoms with Crippen LogP contribution in [0.2, 0.25) is 0 Å². The standard InChI is InChI=1S/C21H30N4O/c1-14-6-5-11-25-18(14)22-17(19(25)23-21(2,3)4)15-9-12-24(13-10-15)20(26)16-7-8-16/h5-6,11,15-16,23H,7-10,12-13H2,1-4H3. The Kier molecular flexibility index (Phi) is 4.20. The van der Waals surface area contributed by atoms with Gasteiger partial charge in [0.1, 0.15) is 11.5 Å². The zero-order valence-electron chi connectivity index (χ0n) is 16.4. The molecule has 1 saturated carbocycles. The first-order valence-electron chi connectivity index (χ1n) is 9.88. The number of aryl methyl sites for hydroxylation is 1. The van der Waals surface area contributed by atoms with Gasteiger partial charge in [0.15, 0.2) is 0 Å². The van der Waals surface area contributed by atoms with E-state index in [0.29, 0.717) is 17.7 Å². The van der Waals surface area contributed by atoms with Crippen LogP contribution in [-0.2, 0) is 4.79 Å². The van der Waals surface area contributed by atoms with Crippen molar-refractivity contribution in [3.8, 4) is 0 Å². The van der Waals surface area contributed by atoms with Crippen LogP contribution in [0.3, 0.4) is 0 Å². The number of nitrogens with zero attached hydrogens (tertiary/aromatic N) is 3. The molecule has 1 aliphatic carbocycles. The average molecular weight is 354 g/mol. The van der Waals surface area contributed by atoms with Gasteiger partial charge in [-0.05, 0) is 65.0 Å². The predicted octanol–water partition coefficient (Wildman–Crippen LogP) is 3.97. The fraction of sp³-hybridized carbons (Fsp3) is 0.619. The van der Waals surface area contributed by atoms with Crippen molar-refractivity contribution in [2.75, 3.05) is 18.4 Å². The number of rotatable bonds is 3. The summed E-state index contributed by atoms with van der Waals surface area (Å²) in [5.74, 6) is 2.22. The number of carbonyl (C=O) groups is 1. The Labute approximate surface area is 155 Å². The summed E-state index contributed by atoms with van der Waals surface area (Å²) in [6.45, 7) is 10.4. The lowest BCUT2D eigenvalue weighted by atomic mass is 9.92. The molecule has 0 bridgehead atoms. The minimum atomic E-state index is -0.0307. The van der Waals surface area contributed by atoms with Crippen LogP contribution < -0.4 is 5.32 Å². The van der Waals surface area contributed by atoms with Crippen molar-refractivity contribution >= 4 is 17.4 Å². The molecule has 1 N–H and O–H groups in total. The third kappa shape index (κ3) is 3.31. The number of imidazole rings is 1. The number of anilines is 1. The van der Waals surface area contributed by atoms with E-state index in [0.717, 1.165) is 55.9 Å². The summed E-state index contributed by atoms with van der Waals surface area (Å²) in [4.78, 5) is 19.4. The Morgan fingerprint density at radius 2 is 1.88 bits per heavy atom. The van der Waals surface area contributed by atoms with Crippen molar-refractivity contribution in [2.24, 2.45) is 5.92 Å². The summed E-state index contributed by atoms with van der Waals surface area (Å²) in [7, 11) is 0. The van der Waals surface area contributed by atoms with E-state index in [-0.39, 0.29) is 5.54 Å². The lowest BCUT2D eigenvalue weighted by molar-refractivity contribution is -0.133.